The largest absolute Gasteiger partial charge is 0.487 e. The summed E-state index contributed by atoms with van der Waals surface area (Å²) in [6, 6.07) is 11.0. The van der Waals surface area contributed by atoms with Gasteiger partial charge in [0.25, 0.3) is 5.91 Å². The lowest BCUT2D eigenvalue weighted by Gasteiger charge is -2.45. The van der Waals surface area contributed by atoms with Gasteiger partial charge in [-0.15, -0.1) is 0 Å². The number of carbonyl (C=O) groups excluding carboxylic acids is 1. The molecule has 5 atom stereocenters. The van der Waals surface area contributed by atoms with E-state index in [2.05, 4.69) is 9.62 Å². The van der Waals surface area contributed by atoms with E-state index < -0.39 is 31.0 Å². The van der Waals surface area contributed by atoms with Crippen LogP contribution in [0.25, 0.3) is 0 Å². The van der Waals surface area contributed by atoms with Gasteiger partial charge in [-0.2, -0.15) is 0 Å². The molecule has 1 aliphatic carbocycles. The Bertz CT molecular complexity index is 1580. The average molecular weight is 665 g/mol. The number of aryl methyl sites for hydroxylation is 1. The Kier molecular flexibility index (Phi) is 10.2. The molecule has 2 aliphatic heterocycles. The maximum absolute atomic E-state index is 13.4. The summed E-state index contributed by atoms with van der Waals surface area (Å²) in [5.74, 6) is 0.546. The maximum atomic E-state index is 13.4. The number of anilines is 1. The van der Waals surface area contributed by atoms with Gasteiger partial charge in [0, 0.05) is 29.9 Å². The molecule has 1 amide bonds. The summed E-state index contributed by atoms with van der Waals surface area (Å²) in [4.78, 5) is 15.6. The molecule has 1 N–H and O–H groups in total. The number of amides is 1. The molecule has 5 rings (SSSR count). The highest BCUT2D eigenvalue weighted by atomic mass is 35.5. The first-order valence-electron chi connectivity index (χ1n) is 15.8. The van der Waals surface area contributed by atoms with Crippen LogP contribution in [0.15, 0.2) is 36.4 Å². The number of sulfone groups is 1. The first kappa shape index (κ1) is 33.1. The van der Waals surface area contributed by atoms with Gasteiger partial charge in [0.2, 0.25) is 10.0 Å². The predicted octanol–water partition coefficient (Wildman–Crippen LogP) is 6.02. The highest BCUT2D eigenvalue weighted by Gasteiger charge is 2.39. The summed E-state index contributed by atoms with van der Waals surface area (Å²) in [5.41, 5.74) is 3.23. The molecule has 0 radical (unpaired) electrons. The number of carbonyl (C=O) groups is 1. The Hall–Kier alpha value is -2.30. The standard InChI is InChI=1S/C33H45ClN2O6S2/c1-22-7-6-9-28(21-43(3,38)39)30-14-11-26(30)19-36-16-5-4-8-24-17-29(34)13-10-27(24)20-42-32-15-12-25(18-31(32)36)33(37)35-44(40,41)23(22)2/h10,12-13,15,17-18,22-23,26,28,30H,4-9,11,14,16,19-21H2,1-3H3,(H,35,37)/t22?,23?,26?,28-,30?/m0/s1. The van der Waals surface area contributed by atoms with Crippen molar-refractivity contribution in [3.63, 3.8) is 0 Å². The van der Waals surface area contributed by atoms with Crippen molar-refractivity contribution in [1.82, 2.24) is 4.72 Å². The van der Waals surface area contributed by atoms with Gasteiger partial charge in [0.05, 0.1) is 16.7 Å². The van der Waals surface area contributed by atoms with Crippen LogP contribution in [0, 0.1) is 23.7 Å². The number of sulfonamides is 1. The SMILES string of the molecule is CC1CCC[C@@H](CS(C)(=O)=O)C2CCC2CN2CCCCc3cc(Cl)ccc3COc3ccc(cc32)C(=O)NS(=O)(=O)C1C. The third kappa shape index (κ3) is 7.91. The summed E-state index contributed by atoms with van der Waals surface area (Å²) in [7, 11) is -7.12. The summed E-state index contributed by atoms with van der Waals surface area (Å²) in [6.07, 6.45) is 8.15. The molecule has 1 fully saturated rings. The van der Waals surface area contributed by atoms with Crippen molar-refractivity contribution < 1.29 is 26.4 Å². The molecule has 2 bridgehead atoms. The second-order valence-electron chi connectivity index (χ2n) is 13.2. The van der Waals surface area contributed by atoms with Crippen LogP contribution in [0.3, 0.4) is 0 Å². The fourth-order valence-electron chi connectivity index (χ4n) is 7.14. The number of halogens is 1. The number of fused-ring (bicyclic) bond motifs is 3. The van der Waals surface area contributed by atoms with Gasteiger partial charge in [0.15, 0.2) is 0 Å². The normalized spacial score (nSPS) is 28.2. The van der Waals surface area contributed by atoms with E-state index in [1.165, 1.54) is 6.26 Å². The second-order valence-corrected chi connectivity index (χ2v) is 17.9. The van der Waals surface area contributed by atoms with Gasteiger partial charge in [0.1, 0.15) is 22.2 Å². The van der Waals surface area contributed by atoms with E-state index in [0.717, 1.165) is 74.8 Å². The molecule has 0 aromatic heterocycles. The first-order chi connectivity index (χ1) is 20.8. The summed E-state index contributed by atoms with van der Waals surface area (Å²) in [6.45, 7) is 5.30. The lowest BCUT2D eigenvalue weighted by molar-refractivity contribution is 0.0980. The Morgan fingerprint density at radius 1 is 1.00 bits per heavy atom. The van der Waals surface area contributed by atoms with Crippen molar-refractivity contribution in [2.24, 2.45) is 23.7 Å². The third-order valence-electron chi connectivity index (χ3n) is 10.1. The zero-order valence-corrected chi connectivity index (χ0v) is 28.3. The molecule has 11 heteroatoms. The highest BCUT2D eigenvalue weighted by molar-refractivity contribution is 7.90. The van der Waals surface area contributed by atoms with Crippen LogP contribution >= 0.6 is 11.6 Å². The van der Waals surface area contributed by atoms with Gasteiger partial charge in [-0.3, -0.25) is 4.79 Å². The number of nitrogens with one attached hydrogen (secondary N) is 1. The molecule has 4 unspecified atom stereocenters. The molecular weight excluding hydrogens is 620 g/mol. The average Bonchev–Trinajstić information content (AvgIpc) is 2.96. The van der Waals surface area contributed by atoms with E-state index in [1.54, 1.807) is 25.1 Å². The van der Waals surface area contributed by atoms with Crippen LogP contribution in [0.4, 0.5) is 5.69 Å². The van der Waals surface area contributed by atoms with E-state index in [-0.39, 0.29) is 29.1 Å². The summed E-state index contributed by atoms with van der Waals surface area (Å²) < 4.78 is 60.3. The van der Waals surface area contributed by atoms with Crippen molar-refractivity contribution in [2.75, 3.05) is 30.0 Å². The van der Waals surface area contributed by atoms with Gasteiger partial charge in [-0.25, -0.2) is 21.6 Å². The Morgan fingerprint density at radius 2 is 1.80 bits per heavy atom. The minimum atomic E-state index is -3.94. The maximum Gasteiger partial charge on any atom is 0.264 e. The Labute approximate surface area is 267 Å². The topological polar surface area (TPSA) is 110 Å². The van der Waals surface area contributed by atoms with Crippen molar-refractivity contribution >= 4 is 43.1 Å². The summed E-state index contributed by atoms with van der Waals surface area (Å²) in [5, 5.41) is -0.0866. The molecule has 2 aromatic rings. The molecule has 242 valence electrons. The first-order valence-corrected chi connectivity index (χ1v) is 19.8. The van der Waals surface area contributed by atoms with E-state index >= 15 is 0 Å². The molecule has 8 nitrogen and oxygen atoms in total. The zero-order valence-electron chi connectivity index (χ0n) is 25.9. The Balaban J connectivity index is 1.54. The van der Waals surface area contributed by atoms with Gasteiger partial charge >= 0.3 is 0 Å². The third-order valence-corrected chi connectivity index (χ3v) is 13.2. The lowest BCUT2D eigenvalue weighted by Crippen LogP contribution is -2.44. The lowest BCUT2D eigenvalue weighted by atomic mass is 9.66. The number of rotatable bonds is 2. The minimum Gasteiger partial charge on any atom is -0.487 e. The molecule has 3 aliphatic rings. The van der Waals surface area contributed by atoms with Crippen LogP contribution in [0.2, 0.25) is 5.02 Å². The number of hydrogen-bond acceptors (Lipinski definition) is 7. The molecule has 2 aromatic carbocycles. The van der Waals surface area contributed by atoms with Gasteiger partial charge in [-0.1, -0.05) is 31.0 Å². The number of ether oxygens (including phenoxy) is 1. The van der Waals surface area contributed by atoms with Crippen LogP contribution in [-0.2, 0) is 32.9 Å². The zero-order chi connectivity index (χ0) is 31.6. The molecular formula is C33H45ClN2O6S2. The molecule has 1 saturated carbocycles. The number of nitrogens with zero attached hydrogens (tertiary/aromatic N) is 1. The van der Waals surface area contributed by atoms with E-state index in [0.29, 0.717) is 29.7 Å². The van der Waals surface area contributed by atoms with Gasteiger partial charge < -0.3 is 9.64 Å². The van der Waals surface area contributed by atoms with Crippen molar-refractivity contribution in [1.29, 1.82) is 0 Å². The smallest absolute Gasteiger partial charge is 0.264 e. The predicted molar refractivity (Wildman–Crippen MR) is 176 cm³/mol. The number of benzene rings is 2. The van der Waals surface area contributed by atoms with Crippen LogP contribution in [0.1, 0.15) is 80.3 Å². The fourth-order valence-corrected chi connectivity index (χ4v) is 9.83. The van der Waals surface area contributed by atoms with E-state index in [1.807, 2.05) is 25.1 Å². The van der Waals surface area contributed by atoms with Crippen LogP contribution in [-0.4, -0.2) is 53.1 Å². The van der Waals surface area contributed by atoms with E-state index in [9.17, 15) is 21.6 Å². The summed E-state index contributed by atoms with van der Waals surface area (Å²) >= 11 is 6.32. The van der Waals surface area contributed by atoms with Gasteiger partial charge in [-0.05, 0) is 117 Å². The molecule has 0 spiro atoms. The molecule has 44 heavy (non-hydrogen) atoms. The van der Waals surface area contributed by atoms with Crippen molar-refractivity contribution in [3.05, 3.63) is 58.1 Å². The molecule has 0 saturated heterocycles. The van der Waals surface area contributed by atoms with Crippen molar-refractivity contribution in [3.8, 4) is 5.75 Å². The fraction of sp³-hybridized carbons (Fsp3) is 0.606. The minimum absolute atomic E-state index is 0.0284. The Morgan fingerprint density at radius 3 is 2.52 bits per heavy atom. The van der Waals surface area contributed by atoms with Crippen LogP contribution < -0.4 is 14.4 Å². The van der Waals surface area contributed by atoms with Crippen molar-refractivity contribution in [2.45, 2.75) is 77.1 Å². The monoisotopic (exact) mass is 664 g/mol. The highest BCUT2D eigenvalue weighted by Crippen LogP contribution is 2.44. The second kappa shape index (κ2) is 13.6. The van der Waals surface area contributed by atoms with Crippen LogP contribution in [0.5, 0.6) is 5.75 Å². The number of hydrogen-bond donors (Lipinski definition) is 1. The van der Waals surface area contributed by atoms with E-state index in [4.69, 9.17) is 16.3 Å². The quantitative estimate of drug-likeness (QED) is 0.418. The molecule has 2 heterocycles.